The molecule has 8 heteroatoms. The van der Waals surface area contributed by atoms with Crippen molar-refractivity contribution in [2.24, 2.45) is 5.41 Å². The number of hydrogen-bond donors (Lipinski definition) is 1. The number of aliphatic hydroxyl groups excluding tert-OH is 1. The summed E-state index contributed by atoms with van der Waals surface area (Å²) in [6, 6.07) is 0. The predicted molar refractivity (Wildman–Crippen MR) is 181 cm³/mol. The number of ether oxygens (including phenoxy) is 4. The number of β-amino-alcohol motifs (C(OH)–C–C–N with tert-alkyl or cyclic N) is 1. The van der Waals surface area contributed by atoms with Gasteiger partial charge in [0.15, 0.2) is 0 Å². The van der Waals surface area contributed by atoms with Crippen molar-refractivity contribution in [3.63, 3.8) is 0 Å². The molecule has 262 valence electrons. The molecule has 1 aliphatic heterocycles. The molecule has 0 spiro atoms. The van der Waals surface area contributed by atoms with Crippen molar-refractivity contribution < 1.29 is 28.8 Å². The first-order valence-corrected chi connectivity index (χ1v) is 18.5. The lowest BCUT2D eigenvalue weighted by molar-refractivity contribution is -0.156. The van der Waals surface area contributed by atoms with Gasteiger partial charge >= 0.3 is 5.97 Å². The molecule has 44 heavy (non-hydrogen) atoms. The van der Waals surface area contributed by atoms with Crippen LogP contribution in [0.5, 0.6) is 0 Å². The van der Waals surface area contributed by atoms with Gasteiger partial charge in [0.05, 0.1) is 31.8 Å². The van der Waals surface area contributed by atoms with Gasteiger partial charge < -0.3 is 29.0 Å². The largest absolute Gasteiger partial charge is 0.465 e. The molecule has 0 amide bonds. The van der Waals surface area contributed by atoms with Gasteiger partial charge in [-0.3, -0.25) is 9.69 Å². The van der Waals surface area contributed by atoms with E-state index in [1.54, 1.807) is 0 Å². The van der Waals surface area contributed by atoms with Crippen molar-refractivity contribution in [2.75, 3.05) is 92.1 Å². The maximum absolute atomic E-state index is 12.9. The molecule has 0 unspecified atom stereocenters. The number of esters is 1. The van der Waals surface area contributed by atoms with Crippen molar-refractivity contribution in [3.05, 3.63) is 0 Å². The third-order valence-electron chi connectivity index (χ3n) is 8.68. The van der Waals surface area contributed by atoms with Gasteiger partial charge in [-0.15, -0.1) is 0 Å². The lowest BCUT2D eigenvalue weighted by Crippen LogP contribution is -2.47. The molecule has 0 atom stereocenters. The van der Waals surface area contributed by atoms with E-state index in [-0.39, 0.29) is 19.2 Å². The molecule has 0 aromatic carbocycles. The van der Waals surface area contributed by atoms with Crippen molar-refractivity contribution in [1.82, 2.24) is 9.80 Å². The lowest BCUT2D eigenvalue weighted by atomic mass is 9.92. The smallest absolute Gasteiger partial charge is 0.305 e. The van der Waals surface area contributed by atoms with Gasteiger partial charge in [-0.05, 0) is 32.2 Å². The summed E-state index contributed by atoms with van der Waals surface area (Å²) < 4.78 is 24.7. The molecule has 1 aliphatic rings. The van der Waals surface area contributed by atoms with E-state index in [1.165, 1.54) is 77.0 Å². The molecule has 8 nitrogen and oxygen atoms in total. The van der Waals surface area contributed by atoms with E-state index in [4.69, 9.17) is 24.1 Å². The second-order valence-electron chi connectivity index (χ2n) is 13.1. The van der Waals surface area contributed by atoms with Crippen LogP contribution in [0.25, 0.3) is 0 Å². The predicted octanol–water partition coefficient (Wildman–Crippen LogP) is 6.87. The summed E-state index contributed by atoms with van der Waals surface area (Å²) in [5.41, 5.74) is -0.491. The van der Waals surface area contributed by atoms with Crippen LogP contribution >= 0.6 is 0 Å². The fourth-order valence-corrected chi connectivity index (χ4v) is 5.67. The third kappa shape index (κ3) is 22.7. The van der Waals surface area contributed by atoms with E-state index in [9.17, 15) is 4.79 Å². The Bertz CT molecular complexity index is 584. The Labute approximate surface area is 271 Å². The number of unbranched alkanes of at least 4 members (excludes halogenated alkanes) is 12. The number of hydrogen-bond acceptors (Lipinski definition) is 8. The highest BCUT2D eigenvalue weighted by atomic mass is 16.5. The number of rotatable bonds is 32. The summed E-state index contributed by atoms with van der Waals surface area (Å²) in [7, 11) is 0. The minimum Gasteiger partial charge on any atom is -0.465 e. The van der Waals surface area contributed by atoms with Crippen LogP contribution in [0.3, 0.4) is 0 Å². The lowest BCUT2D eigenvalue weighted by Gasteiger charge is -2.34. The highest BCUT2D eigenvalue weighted by Crippen LogP contribution is 2.23. The highest BCUT2D eigenvalue weighted by Gasteiger charge is 2.34. The molecule has 0 aromatic rings. The maximum atomic E-state index is 12.9. The molecule has 1 rings (SSSR count). The first-order valence-electron chi connectivity index (χ1n) is 18.5. The zero-order valence-corrected chi connectivity index (χ0v) is 29.3. The molecule has 1 saturated heterocycles. The van der Waals surface area contributed by atoms with Gasteiger partial charge in [0, 0.05) is 59.0 Å². The summed E-state index contributed by atoms with van der Waals surface area (Å²) in [5, 5.41) is 9.16. The van der Waals surface area contributed by atoms with E-state index in [2.05, 4.69) is 30.6 Å². The Hall–Kier alpha value is -0.770. The second-order valence-corrected chi connectivity index (χ2v) is 13.1. The zero-order valence-electron chi connectivity index (χ0n) is 29.3. The Morgan fingerprint density at radius 3 is 1.39 bits per heavy atom. The molecular weight excluding hydrogens is 556 g/mol. The average molecular weight is 629 g/mol. The SMILES string of the molecule is CCCCCCCOCC(COCCCCCCC)(COCCCCCCC)COC(=O)CCCN1CCN(CCO)CC1. The Morgan fingerprint density at radius 2 is 0.977 bits per heavy atom. The van der Waals surface area contributed by atoms with Crippen LogP contribution in [0, 0.1) is 5.41 Å². The van der Waals surface area contributed by atoms with E-state index in [1.807, 2.05) is 0 Å². The van der Waals surface area contributed by atoms with Gasteiger partial charge in [0.2, 0.25) is 0 Å². The monoisotopic (exact) mass is 629 g/mol. The minimum atomic E-state index is -0.491. The number of aliphatic hydroxyl groups is 1. The van der Waals surface area contributed by atoms with Gasteiger partial charge in [-0.25, -0.2) is 0 Å². The van der Waals surface area contributed by atoms with E-state index in [0.717, 1.165) is 84.8 Å². The van der Waals surface area contributed by atoms with Crippen molar-refractivity contribution >= 4 is 5.97 Å². The molecule has 0 aromatic heterocycles. The van der Waals surface area contributed by atoms with Crippen molar-refractivity contribution in [2.45, 2.75) is 130 Å². The normalized spacial score (nSPS) is 14.8. The van der Waals surface area contributed by atoms with Gasteiger partial charge in [0.25, 0.3) is 0 Å². The summed E-state index contributed by atoms with van der Waals surface area (Å²) >= 11 is 0. The molecule has 1 heterocycles. The summed E-state index contributed by atoms with van der Waals surface area (Å²) in [6.45, 7) is 16.4. The molecule has 0 aliphatic carbocycles. The van der Waals surface area contributed by atoms with Crippen LogP contribution in [-0.4, -0.2) is 113 Å². The first-order chi connectivity index (χ1) is 21.6. The number of nitrogens with zero attached hydrogens (tertiary/aromatic N) is 2. The average Bonchev–Trinajstić information content (AvgIpc) is 3.03. The molecule has 1 N–H and O–H groups in total. The standard InChI is InChI=1S/C36H72N2O6/c1-4-7-10-13-16-28-41-31-36(32-42-29-17-14-11-8-5-2,33-43-30-18-15-12-9-6-3)34-44-35(40)20-19-21-37-22-24-38(25-23-37)26-27-39/h39H,4-34H2,1-3H3. The number of carbonyl (C=O) groups excluding carboxylic acids is 1. The minimum absolute atomic E-state index is 0.146. The van der Waals surface area contributed by atoms with Crippen LogP contribution in [0.1, 0.15) is 130 Å². The van der Waals surface area contributed by atoms with Gasteiger partial charge in [-0.1, -0.05) is 97.8 Å². The Morgan fingerprint density at radius 1 is 0.568 bits per heavy atom. The van der Waals surface area contributed by atoms with Crippen LogP contribution in [0.15, 0.2) is 0 Å². The zero-order chi connectivity index (χ0) is 32.0. The van der Waals surface area contributed by atoms with Crippen molar-refractivity contribution in [1.29, 1.82) is 0 Å². The van der Waals surface area contributed by atoms with E-state index >= 15 is 0 Å². The van der Waals surface area contributed by atoms with Gasteiger partial charge in [-0.2, -0.15) is 0 Å². The fraction of sp³-hybridized carbons (Fsp3) is 0.972. The highest BCUT2D eigenvalue weighted by molar-refractivity contribution is 5.69. The quantitative estimate of drug-likeness (QED) is 0.0639. The van der Waals surface area contributed by atoms with Crippen molar-refractivity contribution in [3.8, 4) is 0 Å². The van der Waals surface area contributed by atoms with Crippen LogP contribution in [0.2, 0.25) is 0 Å². The summed E-state index contributed by atoms with van der Waals surface area (Å²) in [5.74, 6) is -0.146. The van der Waals surface area contributed by atoms with Crippen LogP contribution < -0.4 is 0 Å². The molecule has 0 radical (unpaired) electrons. The van der Waals surface area contributed by atoms with Crippen LogP contribution in [0.4, 0.5) is 0 Å². The van der Waals surface area contributed by atoms with Gasteiger partial charge in [0.1, 0.15) is 6.61 Å². The molecule has 1 fully saturated rings. The fourth-order valence-electron chi connectivity index (χ4n) is 5.67. The first kappa shape index (κ1) is 41.3. The summed E-state index contributed by atoms with van der Waals surface area (Å²) in [6.07, 6.45) is 19.3. The molecular formula is C36H72N2O6. The van der Waals surface area contributed by atoms with Crippen LogP contribution in [-0.2, 0) is 23.7 Å². The third-order valence-corrected chi connectivity index (χ3v) is 8.68. The maximum Gasteiger partial charge on any atom is 0.305 e. The molecule has 0 saturated carbocycles. The number of piperazine rings is 1. The van der Waals surface area contributed by atoms with E-state index < -0.39 is 5.41 Å². The topological polar surface area (TPSA) is 80.7 Å². The Kier molecular flexibility index (Phi) is 27.8. The second kappa shape index (κ2) is 29.6. The van der Waals surface area contributed by atoms with E-state index in [0.29, 0.717) is 26.2 Å². The summed E-state index contributed by atoms with van der Waals surface area (Å²) in [4.78, 5) is 17.6. The number of carbonyl (C=O) groups is 1. The molecule has 0 bridgehead atoms. The Balaban J connectivity index is 2.65.